The van der Waals surface area contributed by atoms with E-state index in [1.165, 1.54) is 13.8 Å². The zero-order valence-electron chi connectivity index (χ0n) is 8.13. The number of rotatable bonds is 1. The molecule has 0 radical (unpaired) electrons. The lowest BCUT2D eigenvalue weighted by molar-refractivity contribution is 0.0898. The molecule has 0 saturated carbocycles. The first-order valence-electron chi connectivity index (χ1n) is 3.68. The molecule has 0 atom stereocenters. The summed E-state index contributed by atoms with van der Waals surface area (Å²) in [6.07, 6.45) is 0. The molecule has 0 amide bonds. The third kappa shape index (κ3) is 22.8. The average molecular weight is 174 g/mol. The van der Waals surface area contributed by atoms with Gasteiger partial charge in [0.1, 0.15) is 5.60 Å². The van der Waals surface area contributed by atoms with Gasteiger partial charge >= 0.3 is 0 Å². The summed E-state index contributed by atoms with van der Waals surface area (Å²) in [5.74, 6) is 0. The Hall–Kier alpha value is -0.630. The van der Waals surface area contributed by atoms with Crippen LogP contribution in [0.15, 0.2) is 0 Å². The van der Waals surface area contributed by atoms with E-state index in [0.29, 0.717) is 6.54 Å². The average Bonchev–Trinajstić information content (AvgIpc) is 1.86. The smallest absolute Gasteiger partial charge is 0.145 e. The molecule has 4 nitrogen and oxygen atoms in total. The van der Waals surface area contributed by atoms with Gasteiger partial charge < -0.3 is 15.9 Å². The molecule has 0 aromatic carbocycles. The largest absolute Gasteiger partial charge is 0.389 e. The SMILES string of the molecule is CC(C)(O)C#N.CC(C)(O)CN. The molecule has 4 heteroatoms. The molecule has 0 bridgehead atoms. The third-order valence-electron chi connectivity index (χ3n) is 0.773. The summed E-state index contributed by atoms with van der Waals surface area (Å²) < 4.78 is 0. The minimum atomic E-state index is -1.15. The number of nitrogens with zero attached hydrogens (tertiary/aromatic N) is 1. The molecule has 0 heterocycles. The van der Waals surface area contributed by atoms with E-state index in [4.69, 9.17) is 21.2 Å². The second-order valence-electron chi connectivity index (χ2n) is 3.69. The van der Waals surface area contributed by atoms with E-state index in [2.05, 4.69) is 0 Å². The summed E-state index contributed by atoms with van der Waals surface area (Å²) in [5, 5.41) is 25.1. The predicted molar refractivity (Wildman–Crippen MR) is 47.3 cm³/mol. The lowest BCUT2D eigenvalue weighted by Crippen LogP contribution is -2.29. The fourth-order valence-electron chi connectivity index (χ4n) is 0. The lowest BCUT2D eigenvalue weighted by Gasteiger charge is -2.11. The molecule has 0 aliphatic heterocycles. The Balaban J connectivity index is 0. The monoisotopic (exact) mass is 174 g/mol. The van der Waals surface area contributed by atoms with Crippen LogP contribution in [0.3, 0.4) is 0 Å². The van der Waals surface area contributed by atoms with Crippen molar-refractivity contribution in [1.82, 2.24) is 0 Å². The van der Waals surface area contributed by atoms with Crippen molar-refractivity contribution in [2.75, 3.05) is 6.54 Å². The van der Waals surface area contributed by atoms with Crippen LogP contribution in [0.5, 0.6) is 0 Å². The van der Waals surface area contributed by atoms with Crippen molar-refractivity contribution in [3.8, 4) is 6.07 Å². The van der Waals surface area contributed by atoms with Crippen LogP contribution in [-0.2, 0) is 0 Å². The summed E-state index contributed by atoms with van der Waals surface area (Å²) in [6.45, 7) is 6.55. The molecule has 0 aromatic rings. The van der Waals surface area contributed by atoms with Gasteiger partial charge in [0.2, 0.25) is 0 Å². The van der Waals surface area contributed by atoms with Crippen LogP contribution in [0.2, 0.25) is 0 Å². The van der Waals surface area contributed by atoms with Crippen molar-refractivity contribution in [2.24, 2.45) is 5.73 Å². The highest BCUT2D eigenvalue weighted by atomic mass is 16.3. The lowest BCUT2D eigenvalue weighted by atomic mass is 10.1. The van der Waals surface area contributed by atoms with Crippen LogP contribution < -0.4 is 5.73 Å². The standard InChI is InChI=1S/C4H11NO.C4H7NO/c2*1-4(2,6)3-5/h6H,3,5H2,1-2H3;6H,1-2H3. The molecule has 0 aliphatic rings. The second kappa shape index (κ2) is 5.09. The van der Waals surface area contributed by atoms with Gasteiger partial charge in [-0.3, -0.25) is 0 Å². The number of nitriles is 1. The van der Waals surface area contributed by atoms with Crippen molar-refractivity contribution in [3.63, 3.8) is 0 Å². The van der Waals surface area contributed by atoms with Gasteiger partial charge in [-0.05, 0) is 27.7 Å². The van der Waals surface area contributed by atoms with Gasteiger partial charge in [0.15, 0.2) is 0 Å². The van der Waals surface area contributed by atoms with Crippen molar-refractivity contribution in [1.29, 1.82) is 5.26 Å². The molecule has 0 fully saturated rings. The van der Waals surface area contributed by atoms with E-state index in [1.54, 1.807) is 19.9 Å². The number of aliphatic hydroxyl groups is 2. The molecule has 0 rings (SSSR count). The topological polar surface area (TPSA) is 90.3 Å². The number of nitrogens with two attached hydrogens (primary N) is 1. The Morgan fingerprint density at radius 3 is 1.42 bits per heavy atom. The van der Waals surface area contributed by atoms with Gasteiger partial charge in [-0.2, -0.15) is 5.26 Å². The summed E-state index contributed by atoms with van der Waals surface area (Å²) in [6, 6.07) is 1.66. The quantitative estimate of drug-likeness (QED) is 0.488. The van der Waals surface area contributed by atoms with Gasteiger partial charge in [0, 0.05) is 6.54 Å². The summed E-state index contributed by atoms with van der Waals surface area (Å²) >= 11 is 0. The van der Waals surface area contributed by atoms with Crippen LogP contribution >= 0.6 is 0 Å². The minimum absolute atomic E-state index is 0.326. The maximum atomic E-state index is 8.70. The number of hydrogen-bond donors (Lipinski definition) is 3. The molecule has 0 saturated heterocycles. The van der Waals surface area contributed by atoms with Crippen LogP contribution in [0.4, 0.5) is 0 Å². The van der Waals surface area contributed by atoms with Crippen LogP contribution in [0.25, 0.3) is 0 Å². The zero-order chi connectivity index (χ0) is 10.4. The fraction of sp³-hybridized carbons (Fsp3) is 0.875. The van der Waals surface area contributed by atoms with Gasteiger partial charge in [-0.25, -0.2) is 0 Å². The molecule has 4 N–H and O–H groups in total. The Morgan fingerprint density at radius 2 is 1.42 bits per heavy atom. The van der Waals surface area contributed by atoms with Crippen molar-refractivity contribution >= 4 is 0 Å². The van der Waals surface area contributed by atoms with Crippen molar-refractivity contribution in [2.45, 2.75) is 38.9 Å². The minimum Gasteiger partial charge on any atom is -0.389 e. The molecule has 0 unspecified atom stereocenters. The van der Waals surface area contributed by atoms with Gasteiger partial charge in [0.25, 0.3) is 0 Å². The van der Waals surface area contributed by atoms with E-state index < -0.39 is 11.2 Å². The molecular weight excluding hydrogens is 156 g/mol. The van der Waals surface area contributed by atoms with Gasteiger partial charge in [-0.15, -0.1) is 0 Å². The Morgan fingerprint density at radius 1 is 1.25 bits per heavy atom. The first-order chi connectivity index (χ1) is 5.12. The van der Waals surface area contributed by atoms with E-state index >= 15 is 0 Å². The van der Waals surface area contributed by atoms with Crippen LogP contribution in [0.1, 0.15) is 27.7 Å². The van der Waals surface area contributed by atoms with Crippen LogP contribution in [-0.4, -0.2) is 28.0 Å². The zero-order valence-corrected chi connectivity index (χ0v) is 8.13. The number of hydrogen-bond acceptors (Lipinski definition) is 4. The van der Waals surface area contributed by atoms with Crippen molar-refractivity contribution < 1.29 is 10.2 Å². The normalized spacial score (nSPS) is 11.2. The second-order valence-corrected chi connectivity index (χ2v) is 3.69. The van der Waals surface area contributed by atoms with E-state index in [0.717, 1.165) is 0 Å². The molecule has 0 aromatic heterocycles. The first kappa shape index (κ1) is 13.9. The summed E-state index contributed by atoms with van der Waals surface area (Å²) in [5.41, 5.74) is 3.22. The molecule has 0 aliphatic carbocycles. The predicted octanol–water partition coefficient (Wildman–Crippen LogP) is -0.00312. The van der Waals surface area contributed by atoms with Gasteiger partial charge in [-0.1, -0.05) is 0 Å². The Kier molecular flexibility index (Phi) is 5.91. The maximum Gasteiger partial charge on any atom is 0.145 e. The third-order valence-corrected chi connectivity index (χ3v) is 0.773. The summed E-state index contributed by atoms with van der Waals surface area (Å²) in [7, 11) is 0. The van der Waals surface area contributed by atoms with E-state index in [9.17, 15) is 0 Å². The van der Waals surface area contributed by atoms with E-state index in [-0.39, 0.29) is 0 Å². The highest BCUT2D eigenvalue weighted by Crippen LogP contribution is 1.94. The summed E-state index contributed by atoms with van der Waals surface area (Å²) in [4.78, 5) is 0. The highest BCUT2D eigenvalue weighted by Gasteiger charge is 2.07. The van der Waals surface area contributed by atoms with Crippen molar-refractivity contribution in [3.05, 3.63) is 0 Å². The first-order valence-corrected chi connectivity index (χ1v) is 3.68. The maximum absolute atomic E-state index is 8.70. The Bertz CT molecular complexity index is 148. The Labute approximate surface area is 73.6 Å². The molecule has 12 heavy (non-hydrogen) atoms. The molecular formula is C8H18N2O2. The van der Waals surface area contributed by atoms with Gasteiger partial charge in [0.05, 0.1) is 11.7 Å². The highest BCUT2D eigenvalue weighted by molar-refractivity contribution is 4.91. The fourth-order valence-corrected chi connectivity index (χ4v) is 0. The van der Waals surface area contributed by atoms with Crippen LogP contribution in [0, 0.1) is 11.3 Å². The van der Waals surface area contributed by atoms with E-state index in [1.807, 2.05) is 0 Å². The molecule has 0 spiro atoms. The molecule has 72 valence electrons.